The average Bonchev–Trinajstić information content (AvgIpc) is 2.88. The van der Waals surface area contributed by atoms with Crippen molar-refractivity contribution in [3.05, 3.63) is 56.7 Å². The molecule has 0 spiro atoms. The van der Waals surface area contributed by atoms with Crippen LogP contribution in [0.1, 0.15) is 30.9 Å². The van der Waals surface area contributed by atoms with Crippen molar-refractivity contribution in [3.63, 3.8) is 0 Å². The number of fused-ring (bicyclic) bond motifs is 1. The van der Waals surface area contributed by atoms with Crippen LogP contribution in [0.25, 0.3) is 16.9 Å². The van der Waals surface area contributed by atoms with Crippen molar-refractivity contribution in [2.24, 2.45) is 0 Å². The molecule has 5 nitrogen and oxygen atoms in total. The molecule has 0 bridgehead atoms. The number of nitriles is 1. The van der Waals surface area contributed by atoms with Crippen LogP contribution >= 0.6 is 11.6 Å². The largest absolute Gasteiger partial charge is 0.295 e. The third-order valence-corrected chi connectivity index (χ3v) is 3.75. The Kier molecular flexibility index (Phi) is 3.66. The molecular formula is C16H12ClFN4O. The molecule has 7 heteroatoms. The number of nitrogens with zero attached hydrogens (tertiary/aromatic N) is 3. The number of H-pyrrole nitrogens is 1. The number of halogens is 2. The molecule has 0 unspecified atom stereocenters. The summed E-state index contributed by atoms with van der Waals surface area (Å²) in [6.45, 7) is 3.70. The van der Waals surface area contributed by atoms with E-state index in [9.17, 15) is 9.18 Å². The van der Waals surface area contributed by atoms with Crippen LogP contribution in [0.5, 0.6) is 0 Å². The Bertz CT molecular complexity index is 993. The first-order valence-corrected chi connectivity index (χ1v) is 7.30. The van der Waals surface area contributed by atoms with Crippen molar-refractivity contribution >= 4 is 17.2 Å². The SMILES string of the molecule is CC(C)c1c(-c2cc(F)cc(Cl)c2)nc2c(C#N)c[nH]n2c1=O. The van der Waals surface area contributed by atoms with Crippen LogP contribution in [-0.4, -0.2) is 14.6 Å². The lowest BCUT2D eigenvalue weighted by Gasteiger charge is -2.12. The van der Waals surface area contributed by atoms with E-state index in [0.717, 1.165) is 0 Å². The van der Waals surface area contributed by atoms with E-state index in [1.807, 2.05) is 19.9 Å². The standard InChI is InChI=1S/C16H12ClFN4O/c1-8(2)13-14(9-3-11(17)5-12(18)4-9)21-15-10(6-19)7-20-22(15)16(13)23/h3-5,7-8,20H,1-2H3. The van der Waals surface area contributed by atoms with E-state index < -0.39 is 5.82 Å². The Morgan fingerprint density at radius 1 is 1.39 bits per heavy atom. The van der Waals surface area contributed by atoms with E-state index in [1.54, 1.807) is 6.07 Å². The molecule has 0 fully saturated rings. The van der Waals surface area contributed by atoms with Gasteiger partial charge in [0.25, 0.3) is 5.56 Å². The second kappa shape index (κ2) is 5.52. The lowest BCUT2D eigenvalue weighted by atomic mass is 9.98. The third kappa shape index (κ3) is 2.49. The van der Waals surface area contributed by atoms with Crippen LogP contribution < -0.4 is 5.56 Å². The van der Waals surface area contributed by atoms with Gasteiger partial charge in [-0.3, -0.25) is 9.89 Å². The maximum absolute atomic E-state index is 13.7. The summed E-state index contributed by atoms with van der Waals surface area (Å²) in [5.74, 6) is -0.656. The third-order valence-electron chi connectivity index (χ3n) is 3.53. The van der Waals surface area contributed by atoms with E-state index in [1.165, 1.54) is 22.8 Å². The van der Waals surface area contributed by atoms with Crippen molar-refractivity contribution in [1.82, 2.24) is 14.6 Å². The minimum absolute atomic E-state index is 0.141. The normalized spacial score (nSPS) is 11.1. The highest BCUT2D eigenvalue weighted by atomic mass is 35.5. The molecule has 0 saturated heterocycles. The summed E-state index contributed by atoms with van der Waals surface area (Å²) in [4.78, 5) is 17.1. The highest BCUT2D eigenvalue weighted by Crippen LogP contribution is 2.28. The first kappa shape index (κ1) is 15.3. The molecule has 0 atom stereocenters. The van der Waals surface area contributed by atoms with Crippen LogP contribution in [0.2, 0.25) is 5.02 Å². The van der Waals surface area contributed by atoms with Crippen molar-refractivity contribution in [2.75, 3.05) is 0 Å². The molecule has 2 heterocycles. The molecule has 3 rings (SSSR count). The highest BCUT2D eigenvalue weighted by Gasteiger charge is 2.20. The zero-order chi connectivity index (χ0) is 16.7. The number of nitrogens with one attached hydrogen (secondary N) is 1. The number of hydrogen-bond donors (Lipinski definition) is 1. The zero-order valence-electron chi connectivity index (χ0n) is 12.4. The van der Waals surface area contributed by atoms with E-state index in [2.05, 4.69) is 10.1 Å². The smallest absolute Gasteiger partial charge is 0.276 e. The van der Waals surface area contributed by atoms with Gasteiger partial charge >= 0.3 is 0 Å². The fourth-order valence-corrected chi connectivity index (χ4v) is 2.76. The monoisotopic (exact) mass is 330 g/mol. The van der Waals surface area contributed by atoms with Gasteiger partial charge in [0.2, 0.25) is 0 Å². The predicted octanol–water partition coefficient (Wildman–Crippen LogP) is 3.48. The molecule has 2 aromatic heterocycles. The molecule has 116 valence electrons. The van der Waals surface area contributed by atoms with Crippen molar-refractivity contribution in [3.8, 4) is 17.3 Å². The molecule has 1 aromatic carbocycles. The lowest BCUT2D eigenvalue weighted by Crippen LogP contribution is -2.22. The maximum atomic E-state index is 13.7. The van der Waals surface area contributed by atoms with Gasteiger partial charge in [-0.2, -0.15) is 5.26 Å². The first-order chi connectivity index (χ1) is 10.9. The Balaban J connectivity index is 2.45. The molecule has 0 aliphatic heterocycles. The van der Waals surface area contributed by atoms with Gasteiger partial charge in [0.1, 0.15) is 17.4 Å². The molecule has 0 aliphatic rings. The van der Waals surface area contributed by atoms with Crippen LogP contribution in [0, 0.1) is 17.1 Å². The quantitative estimate of drug-likeness (QED) is 0.781. The van der Waals surface area contributed by atoms with E-state index in [4.69, 9.17) is 16.9 Å². The number of hydrogen-bond acceptors (Lipinski definition) is 3. The topological polar surface area (TPSA) is 73.9 Å². The molecule has 23 heavy (non-hydrogen) atoms. The van der Waals surface area contributed by atoms with Gasteiger partial charge in [0.05, 0.1) is 5.69 Å². The average molecular weight is 331 g/mol. The fraction of sp³-hybridized carbons (Fsp3) is 0.188. The maximum Gasteiger partial charge on any atom is 0.276 e. The minimum Gasteiger partial charge on any atom is -0.295 e. The molecule has 3 aromatic rings. The van der Waals surface area contributed by atoms with Crippen LogP contribution in [0.15, 0.2) is 29.2 Å². The molecule has 0 aliphatic carbocycles. The van der Waals surface area contributed by atoms with E-state index in [0.29, 0.717) is 16.8 Å². The second-order valence-electron chi connectivity index (χ2n) is 5.45. The predicted molar refractivity (Wildman–Crippen MR) is 85.0 cm³/mol. The Labute approximate surface area is 135 Å². The summed E-state index contributed by atoms with van der Waals surface area (Å²) >= 11 is 5.92. The Morgan fingerprint density at radius 3 is 2.74 bits per heavy atom. The van der Waals surface area contributed by atoms with Gasteiger partial charge in [-0.15, -0.1) is 0 Å². The lowest BCUT2D eigenvalue weighted by molar-refractivity contribution is 0.628. The summed E-state index contributed by atoms with van der Waals surface area (Å²) in [5, 5.41) is 12.1. The van der Waals surface area contributed by atoms with Gasteiger partial charge in [0, 0.05) is 22.3 Å². The van der Waals surface area contributed by atoms with E-state index in [-0.39, 0.29) is 27.7 Å². The van der Waals surface area contributed by atoms with Gasteiger partial charge in [-0.1, -0.05) is 25.4 Å². The summed E-state index contributed by atoms with van der Waals surface area (Å²) in [7, 11) is 0. The fourth-order valence-electron chi connectivity index (χ4n) is 2.54. The number of aromatic nitrogens is 3. The van der Waals surface area contributed by atoms with Gasteiger partial charge in [-0.05, 0) is 24.1 Å². The van der Waals surface area contributed by atoms with Gasteiger partial charge < -0.3 is 0 Å². The molecular weight excluding hydrogens is 319 g/mol. The summed E-state index contributed by atoms with van der Waals surface area (Å²) < 4.78 is 14.9. The number of aromatic amines is 1. The van der Waals surface area contributed by atoms with Crippen LogP contribution in [0.3, 0.4) is 0 Å². The Morgan fingerprint density at radius 2 is 2.13 bits per heavy atom. The van der Waals surface area contributed by atoms with Gasteiger partial charge in [-0.25, -0.2) is 13.9 Å². The highest BCUT2D eigenvalue weighted by molar-refractivity contribution is 6.30. The molecule has 0 amide bonds. The second-order valence-corrected chi connectivity index (χ2v) is 5.89. The summed E-state index contributed by atoms with van der Waals surface area (Å²) in [5.41, 5.74) is 1.29. The number of benzene rings is 1. The minimum atomic E-state index is -0.515. The first-order valence-electron chi connectivity index (χ1n) is 6.93. The Hall–Kier alpha value is -2.65. The molecule has 1 N–H and O–H groups in total. The van der Waals surface area contributed by atoms with Crippen molar-refractivity contribution in [1.29, 1.82) is 5.26 Å². The van der Waals surface area contributed by atoms with Crippen molar-refractivity contribution < 1.29 is 4.39 Å². The zero-order valence-corrected chi connectivity index (χ0v) is 13.1. The summed E-state index contributed by atoms with van der Waals surface area (Å²) in [6.07, 6.45) is 1.41. The van der Waals surface area contributed by atoms with Crippen LogP contribution in [-0.2, 0) is 0 Å². The molecule has 0 saturated carbocycles. The molecule has 0 radical (unpaired) electrons. The van der Waals surface area contributed by atoms with Crippen LogP contribution in [0.4, 0.5) is 4.39 Å². The summed E-state index contributed by atoms with van der Waals surface area (Å²) in [6, 6.07) is 5.98. The van der Waals surface area contributed by atoms with Crippen molar-refractivity contribution in [2.45, 2.75) is 19.8 Å². The van der Waals surface area contributed by atoms with E-state index >= 15 is 0 Å². The number of rotatable bonds is 2. The van der Waals surface area contributed by atoms with Gasteiger partial charge in [0.15, 0.2) is 5.65 Å².